The number of benzene rings is 2. The zero-order chi connectivity index (χ0) is 13.2. The van der Waals surface area contributed by atoms with Crippen LogP contribution in [0.5, 0.6) is 0 Å². The van der Waals surface area contributed by atoms with Crippen molar-refractivity contribution in [2.45, 2.75) is 0 Å². The second kappa shape index (κ2) is 5.15. The van der Waals surface area contributed by atoms with E-state index < -0.39 is 0 Å². The molecule has 0 aliphatic carbocycles. The van der Waals surface area contributed by atoms with Crippen LogP contribution in [0.2, 0.25) is 0 Å². The lowest BCUT2D eigenvalue weighted by Gasteiger charge is -2.06. The monoisotopic (exact) mass is 331 g/mol. The summed E-state index contributed by atoms with van der Waals surface area (Å²) in [5.74, 6) is -0.0735. The second-order valence-corrected chi connectivity index (χ2v) is 5.78. The molecule has 0 unspecified atom stereocenters. The standard InChI is InChI=1S/C15H10BrNOS/c16-14-3-1-2-10-8-12(4-5-13(10)14)17-15(18)11-6-7-19-9-11/h1-9H,(H,17,18). The highest BCUT2D eigenvalue weighted by Crippen LogP contribution is 2.26. The van der Waals surface area contributed by atoms with Gasteiger partial charge in [-0.05, 0) is 40.4 Å². The number of hydrogen-bond acceptors (Lipinski definition) is 2. The maximum Gasteiger partial charge on any atom is 0.256 e. The van der Waals surface area contributed by atoms with E-state index in [0.717, 1.165) is 20.9 Å². The molecule has 4 heteroatoms. The van der Waals surface area contributed by atoms with Gasteiger partial charge in [0.25, 0.3) is 5.91 Å². The summed E-state index contributed by atoms with van der Waals surface area (Å²) in [7, 11) is 0. The van der Waals surface area contributed by atoms with Gasteiger partial charge >= 0.3 is 0 Å². The average molecular weight is 332 g/mol. The number of anilines is 1. The largest absolute Gasteiger partial charge is 0.322 e. The summed E-state index contributed by atoms with van der Waals surface area (Å²) in [6, 6.07) is 13.7. The lowest BCUT2D eigenvalue weighted by molar-refractivity contribution is 0.102. The molecule has 94 valence electrons. The Kier molecular flexibility index (Phi) is 3.36. The zero-order valence-electron chi connectivity index (χ0n) is 9.89. The van der Waals surface area contributed by atoms with E-state index in [1.807, 2.05) is 53.2 Å². The van der Waals surface area contributed by atoms with Crippen LogP contribution < -0.4 is 5.32 Å². The molecule has 0 radical (unpaired) electrons. The van der Waals surface area contributed by atoms with Crippen molar-refractivity contribution in [3.8, 4) is 0 Å². The van der Waals surface area contributed by atoms with Gasteiger partial charge in [0.15, 0.2) is 0 Å². The Morgan fingerprint density at radius 1 is 1.16 bits per heavy atom. The number of hydrogen-bond donors (Lipinski definition) is 1. The van der Waals surface area contributed by atoms with Crippen LogP contribution in [0.25, 0.3) is 10.8 Å². The van der Waals surface area contributed by atoms with Crippen LogP contribution in [0.15, 0.2) is 57.7 Å². The van der Waals surface area contributed by atoms with Crippen molar-refractivity contribution in [2.24, 2.45) is 0 Å². The number of carbonyl (C=O) groups excluding carboxylic acids is 1. The fourth-order valence-corrected chi connectivity index (χ4v) is 3.07. The molecular weight excluding hydrogens is 322 g/mol. The fourth-order valence-electron chi connectivity index (χ4n) is 1.92. The van der Waals surface area contributed by atoms with Crippen molar-refractivity contribution in [2.75, 3.05) is 5.32 Å². The molecule has 0 saturated carbocycles. The van der Waals surface area contributed by atoms with Crippen LogP contribution in [-0.4, -0.2) is 5.91 Å². The molecule has 19 heavy (non-hydrogen) atoms. The van der Waals surface area contributed by atoms with Gasteiger partial charge in [0.05, 0.1) is 5.56 Å². The van der Waals surface area contributed by atoms with E-state index in [1.165, 1.54) is 11.3 Å². The Morgan fingerprint density at radius 2 is 2.05 bits per heavy atom. The van der Waals surface area contributed by atoms with Gasteiger partial charge in [0.1, 0.15) is 0 Å². The average Bonchev–Trinajstić information content (AvgIpc) is 2.93. The quantitative estimate of drug-likeness (QED) is 0.709. The van der Waals surface area contributed by atoms with Crippen molar-refractivity contribution in [3.63, 3.8) is 0 Å². The summed E-state index contributed by atoms with van der Waals surface area (Å²) in [5.41, 5.74) is 1.50. The maximum atomic E-state index is 12.0. The Labute approximate surface area is 123 Å². The highest BCUT2D eigenvalue weighted by atomic mass is 79.9. The summed E-state index contributed by atoms with van der Waals surface area (Å²) in [5, 5.41) is 8.87. The van der Waals surface area contributed by atoms with Crippen molar-refractivity contribution >= 4 is 49.6 Å². The number of amides is 1. The molecule has 0 saturated heterocycles. The third-order valence-corrected chi connectivity index (χ3v) is 4.24. The molecule has 1 heterocycles. The van der Waals surface area contributed by atoms with E-state index in [4.69, 9.17) is 0 Å². The molecule has 1 N–H and O–H groups in total. The zero-order valence-corrected chi connectivity index (χ0v) is 12.3. The third-order valence-electron chi connectivity index (χ3n) is 2.87. The van der Waals surface area contributed by atoms with Gasteiger partial charge in [-0.25, -0.2) is 0 Å². The molecule has 0 atom stereocenters. The van der Waals surface area contributed by atoms with Crippen LogP contribution in [0.3, 0.4) is 0 Å². The Hall–Kier alpha value is -1.65. The predicted octanol–water partition coefficient (Wildman–Crippen LogP) is 4.92. The molecular formula is C15H10BrNOS. The van der Waals surface area contributed by atoms with Crippen LogP contribution >= 0.6 is 27.3 Å². The van der Waals surface area contributed by atoms with Gasteiger partial charge in [-0.1, -0.05) is 34.1 Å². The van der Waals surface area contributed by atoms with Crippen molar-refractivity contribution in [1.82, 2.24) is 0 Å². The lowest BCUT2D eigenvalue weighted by atomic mass is 10.1. The molecule has 1 amide bonds. The number of carbonyl (C=O) groups is 1. The second-order valence-electron chi connectivity index (χ2n) is 4.14. The predicted molar refractivity (Wildman–Crippen MR) is 83.9 cm³/mol. The van der Waals surface area contributed by atoms with Gasteiger partial charge < -0.3 is 5.32 Å². The molecule has 0 bridgehead atoms. The van der Waals surface area contributed by atoms with E-state index in [9.17, 15) is 4.79 Å². The molecule has 3 aromatic rings. The van der Waals surface area contributed by atoms with Crippen LogP contribution in [0.4, 0.5) is 5.69 Å². The van der Waals surface area contributed by atoms with Crippen LogP contribution in [0.1, 0.15) is 10.4 Å². The third kappa shape index (κ3) is 2.55. The highest BCUT2D eigenvalue weighted by molar-refractivity contribution is 9.10. The number of nitrogens with one attached hydrogen (secondary N) is 1. The molecule has 2 aromatic carbocycles. The van der Waals surface area contributed by atoms with E-state index in [2.05, 4.69) is 21.2 Å². The first kappa shape index (κ1) is 12.4. The SMILES string of the molecule is O=C(Nc1ccc2c(Br)cccc2c1)c1ccsc1. The molecule has 0 spiro atoms. The summed E-state index contributed by atoms with van der Waals surface area (Å²) in [6.07, 6.45) is 0. The van der Waals surface area contributed by atoms with Crippen LogP contribution in [0, 0.1) is 0 Å². The minimum atomic E-state index is -0.0735. The number of rotatable bonds is 2. The summed E-state index contributed by atoms with van der Waals surface area (Å²) >= 11 is 5.03. The van der Waals surface area contributed by atoms with Gasteiger partial charge in [-0.3, -0.25) is 4.79 Å². The number of halogens is 1. The van der Waals surface area contributed by atoms with Crippen molar-refractivity contribution in [3.05, 3.63) is 63.3 Å². The summed E-state index contributed by atoms with van der Waals surface area (Å²) < 4.78 is 1.06. The smallest absolute Gasteiger partial charge is 0.256 e. The van der Waals surface area contributed by atoms with E-state index in [-0.39, 0.29) is 5.91 Å². The molecule has 0 aliphatic heterocycles. The first-order valence-electron chi connectivity index (χ1n) is 5.76. The fraction of sp³-hybridized carbons (Fsp3) is 0. The Balaban J connectivity index is 1.92. The first-order chi connectivity index (χ1) is 9.24. The molecule has 1 aromatic heterocycles. The normalized spacial score (nSPS) is 10.6. The molecule has 0 fully saturated rings. The molecule has 0 aliphatic rings. The van der Waals surface area contributed by atoms with Gasteiger partial charge in [0.2, 0.25) is 0 Å². The van der Waals surface area contributed by atoms with E-state index >= 15 is 0 Å². The molecule has 2 nitrogen and oxygen atoms in total. The number of thiophene rings is 1. The minimum absolute atomic E-state index is 0.0735. The minimum Gasteiger partial charge on any atom is -0.322 e. The van der Waals surface area contributed by atoms with Crippen LogP contribution in [-0.2, 0) is 0 Å². The van der Waals surface area contributed by atoms with E-state index in [1.54, 1.807) is 0 Å². The van der Waals surface area contributed by atoms with Crippen molar-refractivity contribution in [1.29, 1.82) is 0 Å². The number of fused-ring (bicyclic) bond motifs is 1. The van der Waals surface area contributed by atoms with Gasteiger partial charge in [0, 0.05) is 15.5 Å². The highest BCUT2D eigenvalue weighted by Gasteiger charge is 2.07. The maximum absolute atomic E-state index is 12.0. The summed E-state index contributed by atoms with van der Waals surface area (Å²) in [4.78, 5) is 12.0. The Bertz CT molecular complexity index is 737. The lowest BCUT2D eigenvalue weighted by Crippen LogP contribution is -2.10. The Morgan fingerprint density at radius 3 is 2.84 bits per heavy atom. The summed E-state index contributed by atoms with van der Waals surface area (Å²) in [6.45, 7) is 0. The van der Waals surface area contributed by atoms with Crippen molar-refractivity contribution < 1.29 is 4.79 Å². The van der Waals surface area contributed by atoms with Gasteiger partial charge in [-0.2, -0.15) is 11.3 Å². The topological polar surface area (TPSA) is 29.1 Å². The van der Waals surface area contributed by atoms with E-state index in [0.29, 0.717) is 5.56 Å². The molecule has 3 rings (SSSR count). The van der Waals surface area contributed by atoms with Gasteiger partial charge in [-0.15, -0.1) is 0 Å². The first-order valence-corrected chi connectivity index (χ1v) is 7.49.